The molecule has 1 heterocycles. The molecule has 2 aromatic rings. The fraction of sp³-hybridized carbons (Fsp3) is 0.409. The summed E-state index contributed by atoms with van der Waals surface area (Å²) in [6, 6.07) is 9.46. The van der Waals surface area contributed by atoms with E-state index in [0.29, 0.717) is 18.4 Å². The van der Waals surface area contributed by atoms with Gasteiger partial charge in [0, 0.05) is 33.7 Å². The van der Waals surface area contributed by atoms with Crippen molar-refractivity contribution < 1.29 is 30.8 Å². The van der Waals surface area contributed by atoms with E-state index in [9.17, 15) is 26.0 Å². The molecular formula is C22H28FN3O6S2. The van der Waals surface area contributed by atoms with Gasteiger partial charge in [-0.3, -0.25) is 4.79 Å². The number of benzene rings is 2. The number of methoxy groups -OCH3 is 1. The number of rotatable bonds is 8. The summed E-state index contributed by atoms with van der Waals surface area (Å²) in [7, 11) is -3.40. The average molecular weight is 514 g/mol. The number of amides is 1. The topological polar surface area (TPSA) is 113 Å². The number of nitrogens with zero attached hydrogens (tertiary/aromatic N) is 2. The predicted molar refractivity (Wildman–Crippen MR) is 124 cm³/mol. The predicted octanol–water partition coefficient (Wildman–Crippen LogP) is 1.80. The Labute approximate surface area is 199 Å². The molecule has 0 aliphatic carbocycles. The standard InChI is InChI=1S/C22H28FN3O6S2/c1-25(2)33(28,29)19-9-6-16(7-10-19)14-24-22(27)17-5-4-12-26(15-17)34(30,31)21-13-18(23)8-11-20(21)32-3/h6-11,13,17H,4-5,12,14-15H2,1-3H3,(H,24,27)/t17-/m1/s1. The fourth-order valence-electron chi connectivity index (χ4n) is 3.69. The summed E-state index contributed by atoms with van der Waals surface area (Å²) in [6.45, 7) is 0.351. The van der Waals surface area contributed by atoms with Gasteiger partial charge in [0.05, 0.1) is 17.9 Å². The Morgan fingerprint density at radius 2 is 1.82 bits per heavy atom. The summed E-state index contributed by atoms with van der Waals surface area (Å²) in [5.41, 5.74) is 0.704. The van der Waals surface area contributed by atoms with Crippen LogP contribution in [0.25, 0.3) is 0 Å². The third-order valence-corrected chi connectivity index (χ3v) is 9.38. The Kier molecular flexibility index (Phi) is 7.96. The summed E-state index contributed by atoms with van der Waals surface area (Å²) in [4.78, 5) is 12.6. The van der Waals surface area contributed by atoms with Gasteiger partial charge in [-0.1, -0.05) is 12.1 Å². The van der Waals surface area contributed by atoms with Crippen molar-refractivity contribution in [3.63, 3.8) is 0 Å². The van der Waals surface area contributed by atoms with E-state index in [4.69, 9.17) is 4.74 Å². The molecule has 1 saturated heterocycles. The molecule has 1 N–H and O–H groups in total. The summed E-state index contributed by atoms with van der Waals surface area (Å²) >= 11 is 0. The first-order chi connectivity index (χ1) is 16.0. The maximum absolute atomic E-state index is 13.7. The second-order valence-corrected chi connectivity index (χ2v) is 12.2. The van der Waals surface area contributed by atoms with Gasteiger partial charge in [0.15, 0.2) is 0 Å². The van der Waals surface area contributed by atoms with Gasteiger partial charge in [-0.2, -0.15) is 4.31 Å². The van der Waals surface area contributed by atoms with Crippen LogP contribution in [0.4, 0.5) is 4.39 Å². The van der Waals surface area contributed by atoms with E-state index < -0.39 is 31.8 Å². The Balaban J connectivity index is 1.66. The summed E-state index contributed by atoms with van der Waals surface area (Å²) in [6.07, 6.45) is 0.990. The molecule has 1 aliphatic rings. The molecule has 2 aromatic carbocycles. The van der Waals surface area contributed by atoms with Crippen LogP contribution in [-0.4, -0.2) is 65.6 Å². The van der Waals surface area contributed by atoms with E-state index in [-0.39, 0.29) is 41.1 Å². The second kappa shape index (κ2) is 10.4. The minimum atomic E-state index is -4.06. The highest BCUT2D eigenvalue weighted by Crippen LogP contribution is 2.30. The number of carbonyl (C=O) groups excluding carboxylic acids is 1. The largest absolute Gasteiger partial charge is 0.495 e. The monoisotopic (exact) mass is 513 g/mol. The van der Waals surface area contributed by atoms with Gasteiger partial charge < -0.3 is 10.1 Å². The second-order valence-electron chi connectivity index (χ2n) is 8.15. The lowest BCUT2D eigenvalue weighted by atomic mass is 9.99. The molecule has 0 saturated carbocycles. The molecule has 0 aromatic heterocycles. The number of nitrogens with one attached hydrogen (secondary N) is 1. The molecule has 1 amide bonds. The smallest absolute Gasteiger partial charge is 0.246 e. The quantitative estimate of drug-likeness (QED) is 0.576. The first-order valence-electron chi connectivity index (χ1n) is 10.6. The van der Waals surface area contributed by atoms with E-state index in [1.807, 2.05) is 0 Å². The zero-order chi connectivity index (χ0) is 25.1. The number of sulfonamides is 2. The number of hydrogen-bond acceptors (Lipinski definition) is 6. The first-order valence-corrected chi connectivity index (χ1v) is 13.5. The minimum Gasteiger partial charge on any atom is -0.495 e. The molecule has 0 bridgehead atoms. The maximum Gasteiger partial charge on any atom is 0.246 e. The lowest BCUT2D eigenvalue weighted by Gasteiger charge is -2.31. The molecule has 0 radical (unpaired) electrons. The van der Waals surface area contributed by atoms with Crippen LogP contribution in [-0.2, 0) is 31.4 Å². The van der Waals surface area contributed by atoms with Gasteiger partial charge in [-0.15, -0.1) is 0 Å². The third kappa shape index (κ3) is 5.57. The van der Waals surface area contributed by atoms with E-state index >= 15 is 0 Å². The van der Waals surface area contributed by atoms with Crippen molar-refractivity contribution in [2.75, 3.05) is 34.3 Å². The zero-order valence-corrected chi connectivity index (χ0v) is 20.8. The molecule has 1 aliphatic heterocycles. The summed E-state index contributed by atoms with van der Waals surface area (Å²) in [5.74, 6) is -1.55. The van der Waals surface area contributed by atoms with Crippen molar-refractivity contribution in [2.45, 2.75) is 29.2 Å². The third-order valence-electron chi connectivity index (χ3n) is 5.67. The van der Waals surface area contributed by atoms with Crippen molar-refractivity contribution in [2.24, 2.45) is 5.92 Å². The SMILES string of the molecule is COc1ccc(F)cc1S(=O)(=O)N1CCC[C@@H](C(=O)NCc2ccc(S(=O)(=O)N(C)C)cc2)C1. The van der Waals surface area contributed by atoms with Crippen molar-refractivity contribution in [3.8, 4) is 5.75 Å². The van der Waals surface area contributed by atoms with Crippen LogP contribution in [0.1, 0.15) is 18.4 Å². The molecule has 34 heavy (non-hydrogen) atoms. The van der Waals surface area contributed by atoms with E-state index in [2.05, 4.69) is 5.32 Å². The molecule has 0 unspecified atom stereocenters. The molecule has 0 spiro atoms. The maximum atomic E-state index is 13.7. The van der Waals surface area contributed by atoms with Crippen molar-refractivity contribution >= 4 is 26.0 Å². The highest BCUT2D eigenvalue weighted by atomic mass is 32.2. The van der Waals surface area contributed by atoms with Gasteiger partial charge in [-0.05, 0) is 48.7 Å². The number of hydrogen-bond donors (Lipinski definition) is 1. The van der Waals surface area contributed by atoms with Gasteiger partial charge in [-0.25, -0.2) is 25.5 Å². The Morgan fingerprint density at radius 3 is 2.44 bits per heavy atom. The first kappa shape index (κ1) is 26.1. The summed E-state index contributed by atoms with van der Waals surface area (Å²) < 4.78 is 71.7. The molecule has 9 nitrogen and oxygen atoms in total. The lowest BCUT2D eigenvalue weighted by Crippen LogP contribution is -2.45. The van der Waals surface area contributed by atoms with Crippen LogP contribution >= 0.6 is 0 Å². The van der Waals surface area contributed by atoms with Crippen LogP contribution in [0.5, 0.6) is 5.75 Å². The molecule has 3 rings (SSSR count). The van der Waals surface area contributed by atoms with E-state index in [1.165, 1.54) is 43.7 Å². The highest BCUT2D eigenvalue weighted by molar-refractivity contribution is 7.89. The van der Waals surface area contributed by atoms with Crippen molar-refractivity contribution in [1.82, 2.24) is 13.9 Å². The molecular weight excluding hydrogens is 485 g/mol. The van der Waals surface area contributed by atoms with Crippen molar-refractivity contribution in [1.29, 1.82) is 0 Å². The summed E-state index contributed by atoms with van der Waals surface area (Å²) in [5, 5.41) is 2.79. The Hall–Kier alpha value is -2.54. The number of halogens is 1. The molecule has 1 fully saturated rings. The Morgan fingerprint density at radius 1 is 1.15 bits per heavy atom. The zero-order valence-electron chi connectivity index (χ0n) is 19.2. The van der Waals surface area contributed by atoms with Gasteiger partial charge in [0.1, 0.15) is 16.5 Å². The van der Waals surface area contributed by atoms with Crippen LogP contribution in [0.2, 0.25) is 0 Å². The molecule has 186 valence electrons. The van der Waals surface area contributed by atoms with Crippen LogP contribution < -0.4 is 10.1 Å². The molecule has 12 heteroatoms. The van der Waals surface area contributed by atoms with Crippen LogP contribution in [0.15, 0.2) is 52.3 Å². The Bertz CT molecular complexity index is 1250. The fourth-order valence-corrected chi connectivity index (χ4v) is 6.28. The van der Waals surface area contributed by atoms with E-state index in [0.717, 1.165) is 16.4 Å². The van der Waals surface area contributed by atoms with Crippen LogP contribution in [0, 0.1) is 11.7 Å². The van der Waals surface area contributed by atoms with Crippen molar-refractivity contribution in [3.05, 3.63) is 53.8 Å². The number of carbonyl (C=O) groups is 1. The average Bonchev–Trinajstić information content (AvgIpc) is 2.82. The van der Waals surface area contributed by atoms with Gasteiger partial charge in [0.25, 0.3) is 0 Å². The lowest BCUT2D eigenvalue weighted by molar-refractivity contribution is -0.126. The minimum absolute atomic E-state index is 0.0339. The highest BCUT2D eigenvalue weighted by Gasteiger charge is 2.35. The van der Waals surface area contributed by atoms with Gasteiger partial charge in [0.2, 0.25) is 26.0 Å². The molecule has 1 atom stereocenters. The normalized spacial score (nSPS) is 17.5. The number of piperidine rings is 1. The van der Waals surface area contributed by atoms with Crippen LogP contribution in [0.3, 0.4) is 0 Å². The number of ether oxygens (including phenoxy) is 1. The van der Waals surface area contributed by atoms with Gasteiger partial charge >= 0.3 is 0 Å². The van der Waals surface area contributed by atoms with E-state index in [1.54, 1.807) is 12.1 Å².